The third-order valence-corrected chi connectivity index (χ3v) is 6.94. The maximum atomic E-state index is 12.6. The maximum absolute atomic E-state index is 12.6. The van der Waals surface area contributed by atoms with Gasteiger partial charge in [-0.15, -0.1) is 11.3 Å². The number of benzene rings is 1. The lowest BCUT2D eigenvalue weighted by Gasteiger charge is -2.49. The van der Waals surface area contributed by atoms with Gasteiger partial charge in [0.25, 0.3) is 15.9 Å². The molecule has 1 aliphatic heterocycles. The topological polar surface area (TPSA) is 83.6 Å². The average molecular weight is 393 g/mol. The summed E-state index contributed by atoms with van der Waals surface area (Å²) in [5.41, 5.74) is -1.13. The summed E-state index contributed by atoms with van der Waals surface area (Å²) in [5.74, 6) is -0.809. The molecular weight excluding hydrogens is 372 g/mol. The van der Waals surface area contributed by atoms with Crippen LogP contribution in [0.3, 0.4) is 0 Å². The van der Waals surface area contributed by atoms with Gasteiger partial charge >= 0.3 is 0 Å². The predicted molar refractivity (Wildman–Crippen MR) is 99.1 cm³/mol. The molecule has 26 heavy (non-hydrogen) atoms. The summed E-state index contributed by atoms with van der Waals surface area (Å²) in [6.07, 6.45) is 1.36. The molecule has 1 fully saturated rings. The number of carbonyl (C=O) groups is 2. The van der Waals surface area contributed by atoms with Crippen LogP contribution in [-0.2, 0) is 26.0 Å². The highest BCUT2D eigenvalue weighted by atomic mass is 32.2. The lowest BCUT2D eigenvalue weighted by atomic mass is 9.85. The number of rotatable bonds is 6. The van der Waals surface area contributed by atoms with E-state index in [-0.39, 0.29) is 10.8 Å². The molecule has 0 aliphatic carbocycles. The van der Waals surface area contributed by atoms with Crippen molar-refractivity contribution < 1.29 is 18.0 Å². The third kappa shape index (κ3) is 3.66. The second-order valence-electron chi connectivity index (χ2n) is 6.40. The fourth-order valence-electron chi connectivity index (χ4n) is 2.91. The van der Waals surface area contributed by atoms with Crippen molar-refractivity contribution in [3.8, 4) is 0 Å². The Kier molecular flexibility index (Phi) is 5.15. The largest absolute Gasteiger partial charge is 0.328 e. The standard InChI is InChI=1S/C18H20N2O4S2/c1-18(17(22)19-26(23,24)15-7-3-2-4-8-15)11-12-20(18)16(21)10-9-14-6-5-13-25-14/h2-8,13H,9-12H2,1H3,(H,19,22). The van der Waals surface area contributed by atoms with Crippen molar-refractivity contribution in [1.29, 1.82) is 0 Å². The Morgan fingerprint density at radius 3 is 2.50 bits per heavy atom. The number of nitrogens with one attached hydrogen (secondary N) is 1. The zero-order chi connectivity index (χ0) is 18.8. The summed E-state index contributed by atoms with van der Waals surface area (Å²) in [5, 5.41) is 1.95. The molecule has 0 radical (unpaired) electrons. The van der Waals surface area contributed by atoms with Crippen molar-refractivity contribution >= 4 is 33.2 Å². The summed E-state index contributed by atoms with van der Waals surface area (Å²) in [7, 11) is -3.95. The smallest absolute Gasteiger partial charge is 0.264 e. The van der Waals surface area contributed by atoms with Gasteiger partial charge in [-0.3, -0.25) is 9.59 Å². The predicted octanol–water partition coefficient (Wildman–Crippen LogP) is 2.18. The zero-order valence-electron chi connectivity index (χ0n) is 14.3. The van der Waals surface area contributed by atoms with Gasteiger partial charge in [0.1, 0.15) is 5.54 Å². The molecule has 1 aliphatic rings. The monoisotopic (exact) mass is 392 g/mol. The minimum atomic E-state index is -3.95. The first-order valence-corrected chi connectivity index (χ1v) is 10.6. The van der Waals surface area contributed by atoms with Crippen molar-refractivity contribution in [3.63, 3.8) is 0 Å². The van der Waals surface area contributed by atoms with Crippen molar-refractivity contribution in [2.75, 3.05) is 6.54 Å². The van der Waals surface area contributed by atoms with Gasteiger partial charge in [-0.05, 0) is 43.3 Å². The molecule has 1 atom stereocenters. The molecule has 0 bridgehead atoms. The molecule has 1 unspecified atom stereocenters. The van der Waals surface area contributed by atoms with Crippen LogP contribution >= 0.6 is 11.3 Å². The number of aryl methyl sites for hydroxylation is 1. The Balaban J connectivity index is 1.65. The van der Waals surface area contributed by atoms with Crippen LogP contribution in [-0.4, -0.2) is 37.2 Å². The summed E-state index contributed by atoms with van der Waals surface area (Å²) >= 11 is 1.58. The first-order valence-electron chi connectivity index (χ1n) is 8.28. The highest BCUT2D eigenvalue weighted by Gasteiger charge is 2.50. The van der Waals surface area contributed by atoms with Crippen LogP contribution in [0.1, 0.15) is 24.6 Å². The Morgan fingerprint density at radius 2 is 1.92 bits per heavy atom. The van der Waals surface area contributed by atoms with E-state index in [1.165, 1.54) is 17.0 Å². The fraction of sp³-hybridized carbons (Fsp3) is 0.333. The first kappa shape index (κ1) is 18.6. The molecule has 1 saturated heterocycles. The lowest BCUT2D eigenvalue weighted by Crippen LogP contribution is -2.67. The number of hydrogen-bond donors (Lipinski definition) is 1. The third-order valence-electron chi connectivity index (χ3n) is 4.65. The van der Waals surface area contributed by atoms with Gasteiger partial charge < -0.3 is 4.90 Å². The summed E-state index contributed by atoms with van der Waals surface area (Å²) in [6, 6.07) is 11.6. The van der Waals surface area contributed by atoms with Crippen LogP contribution in [0.15, 0.2) is 52.7 Å². The molecule has 1 aromatic heterocycles. The first-order chi connectivity index (χ1) is 12.3. The van der Waals surface area contributed by atoms with E-state index in [0.717, 1.165) is 4.88 Å². The molecule has 0 saturated carbocycles. The highest BCUT2D eigenvalue weighted by molar-refractivity contribution is 7.90. The number of hydrogen-bond acceptors (Lipinski definition) is 5. The lowest BCUT2D eigenvalue weighted by molar-refractivity contribution is -0.156. The molecule has 6 nitrogen and oxygen atoms in total. The van der Waals surface area contributed by atoms with Crippen LogP contribution in [0.4, 0.5) is 0 Å². The van der Waals surface area contributed by atoms with Gasteiger partial charge in [0.2, 0.25) is 5.91 Å². The van der Waals surface area contributed by atoms with E-state index >= 15 is 0 Å². The van der Waals surface area contributed by atoms with Crippen LogP contribution in [0.25, 0.3) is 0 Å². The van der Waals surface area contributed by atoms with Crippen LogP contribution in [0, 0.1) is 0 Å². The van der Waals surface area contributed by atoms with Crippen molar-refractivity contribution in [2.24, 2.45) is 0 Å². The number of nitrogens with zero attached hydrogens (tertiary/aromatic N) is 1. The minimum absolute atomic E-state index is 0.0202. The minimum Gasteiger partial charge on any atom is -0.328 e. The number of amides is 2. The van der Waals surface area contributed by atoms with Crippen molar-refractivity contribution in [1.82, 2.24) is 9.62 Å². The van der Waals surface area contributed by atoms with Gasteiger partial charge in [0.15, 0.2) is 0 Å². The molecule has 3 rings (SSSR count). The molecule has 1 aromatic carbocycles. The number of sulfonamides is 1. The highest BCUT2D eigenvalue weighted by Crippen LogP contribution is 2.32. The zero-order valence-corrected chi connectivity index (χ0v) is 16.0. The van der Waals surface area contributed by atoms with E-state index in [1.807, 2.05) is 17.5 Å². The fourth-order valence-corrected chi connectivity index (χ4v) is 4.71. The molecule has 1 N–H and O–H groups in total. The Labute approximate surface area is 156 Å². The quantitative estimate of drug-likeness (QED) is 0.817. The molecule has 0 spiro atoms. The van der Waals surface area contributed by atoms with E-state index in [2.05, 4.69) is 4.72 Å². The molecule has 8 heteroatoms. The van der Waals surface area contributed by atoms with E-state index < -0.39 is 21.5 Å². The van der Waals surface area contributed by atoms with Gasteiger partial charge in [-0.1, -0.05) is 24.3 Å². The van der Waals surface area contributed by atoms with Gasteiger partial charge in [-0.25, -0.2) is 13.1 Å². The molecule has 2 amide bonds. The number of carbonyl (C=O) groups excluding carboxylic acids is 2. The van der Waals surface area contributed by atoms with Gasteiger partial charge in [0.05, 0.1) is 4.90 Å². The van der Waals surface area contributed by atoms with Crippen molar-refractivity contribution in [3.05, 3.63) is 52.7 Å². The van der Waals surface area contributed by atoms with Crippen LogP contribution in [0.2, 0.25) is 0 Å². The van der Waals surface area contributed by atoms with E-state index in [9.17, 15) is 18.0 Å². The summed E-state index contributed by atoms with van der Waals surface area (Å²) in [6.45, 7) is 2.06. The van der Waals surface area contributed by atoms with Gasteiger partial charge in [-0.2, -0.15) is 0 Å². The SMILES string of the molecule is CC1(C(=O)NS(=O)(=O)c2ccccc2)CCN1C(=O)CCc1cccs1. The van der Waals surface area contributed by atoms with Gasteiger partial charge in [0, 0.05) is 17.8 Å². The molecular formula is C18H20N2O4S2. The number of thiophene rings is 1. The Morgan fingerprint density at radius 1 is 1.19 bits per heavy atom. The molecule has 2 heterocycles. The Bertz CT molecular complexity index is 895. The summed E-state index contributed by atoms with van der Waals surface area (Å²) < 4.78 is 26.8. The normalized spacial score (nSPS) is 19.7. The van der Waals surface area contributed by atoms with E-state index in [1.54, 1.807) is 36.5 Å². The van der Waals surface area contributed by atoms with Crippen molar-refractivity contribution in [2.45, 2.75) is 36.6 Å². The second-order valence-corrected chi connectivity index (χ2v) is 9.11. The van der Waals surface area contributed by atoms with E-state index in [4.69, 9.17) is 0 Å². The molecule has 2 aromatic rings. The van der Waals surface area contributed by atoms with E-state index in [0.29, 0.717) is 25.8 Å². The Hall–Kier alpha value is -2.19. The van der Waals surface area contributed by atoms with Crippen LogP contribution in [0.5, 0.6) is 0 Å². The number of likely N-dealkylation sites (tertiary alicyclic amines) is 1. The van der Waals surface area contributed by atoms with Crippen LogP contribution < -0.4 is 4.72 Å². The second kappa shape index (κ2) is 7.20. The average Bonchev–Trinajstić information content (AvgIpc) is 3.12. The molecule has 138 valence electrons. The summed E-state index contributed by atoms with van der Waals surface area (Å²) in [4.78, 5) is 27.7. The maximum Gasteiger partial charge on any atom is 0.264 e.